The summed E-state index contributed by atoms with van der Waals surface area (Å²) in [5.74, 6) is 0. The summed E-state index contributed by atoms with van der Waals surface area (Å²) in [6.45, 7) is 0.305. The first kappa shape index (κ1) is 20.4. The molecular weight excluding hydrogens is 390 g/mol. The molecule has 0 fully saturated rings. The molecule has 4 heteroatoms. The number of hydrogen-bond donors (Lipinski definition) is 2. The lowest BCUT2D eigenvalue weighted by Crippen LogP contribution is -2.10. The molecule has 0 saturated carbocycles. The van der Waals surface area contributed by atoms with Gasteiger partial charge in [0.15, 0.2) is 0 Å². The fourth-order valence-electron chi connectivity index (χ4n) is 3.55. The first-order valence-electron chi connectivity index (χ1n) is 10.1. The molecule has 0 aliphatic rings. The number of aliphatic hydroxyl groups is 2. The smallest absolute Gasteiger partial charge is 0.0471 e. The molecule has 0 aliphatic heterocycles. The van der Waals surface area contributed by atoms with E-state index >= 15 is 0 Å². The van der Waals surface area contributed by atoms with Crippen LogP contribution >= 0.6 is 11.3 Å². The van der Waals surface area contributed by atoms with Crippen LogP contribution in [0.4, 0.5) is 17.1 Å². The Labute approximate surface area is 181 Å². The average Bonchev–Trinajstić information content (AvgIpc) is 3.32. The molecule has 0 amide bonds. The molecule has 0 saturated heterocycles. The van der Waals surface area contributed by atoms with Crippen LogP contribution < -0.4 is 4.90 Å². The maximum atomic E-state index is 9.20. The van der Waals surface area contributed by atoms with E-state index in [1.54, 1.807) is 11.3 Å². The minimum Gasteiger partial charge on any atom is -0.396 e. The molecule has 0 bridgehead atoms. The summed E-state index contributed by atoms with van der Waals surface area (Å²) in [6.07, 6.45) is 1.32. The summed E-state index contributed by atoms with van der Waals surface area (Å²) in [7, 11) is 0. The van der Waals surface area contributed by atoms with Gasteiger partial charge in [-0.15, -0.1) is 11.3 Å². The minimum atomic E-state index is 0.152. The molecule has 0 atom stereocenters. The summed E-state index contributed by atoms with van der Waals surface area (Å²) < 4.78 is 0. The van der Waals surface area contributed by atoms with Crippen LogP contribution in [0.25, 0.3) is 10.4 Å². The van der Waals surface area contributed by atoms with Gasteiger partial charge in [0, 0.05) is 35.2 Å². The summed E-state index contributed by atoms with van der Waals surface area (Å²) in [5, 5.41) is 20.5. The highest BCUT2D eigenvalue weighted by Crippen LogP contribution is 2.36. The zero-order valence-electron chi connectivity index (χ0n) is 16.7. The molecule has 152 valence electrons. The predicted octanol–water partition coefficient (Wildman–Crippen LogP) is 5.95. The van der Waals surface area contributed by atoms with Crippen molar-refractivity contribution in [3.63, 3.8) is 0 Å². The SMILES string of the molecule is OCCc1ccc(N(c2ccc(CCO)cc2)c2ccc(-c3cccs3)cc2)cc1. The third-order valence-corrected chi connectivity index (χ3v) is 6.04. The lowest BCUT2D eigenvalue weighted by molar-refractivity contribution is 0.299. The molecular formula is C26H25NO2S. The third kappa shape index (κ3) is 4.62. The topological polar surface area (TPSA) is 43.7 Å². The monoisotopic (exact) mass is 415 g/mol. The van der Waals surface area contributed by atoms with Crippen LogP contribution in [0.5, 0.6) is 0 Å². The van der Waals surface area contributed by atoms with Crippen LogP contribution in [-0.4, -0.2) is 23.4 Å². The lowest BCUT2D eigenvalue weighted by atomic mass is 10.1. The van der Waals surface area contributed by atoms with Gasteiger partial charge in [0.2, 0.25) is 0 Å². The van der Waals surface area contributed by atoms with Crippen molar-refractivity contribution in [1.29, 1.82) is 0 Å². The lowest BCUT2D eigenvalue weighted by Gasteiger charge is -2.26. The molecule has 4 aromatic rings. The first-order valence-corrected chi connectivity index (χ1v) is 11.0. The van der Waals surface area contributed by atoms with Crippen molar-refractivity contribution < 1.29 is 10.2 Å². The fraction of sp³-hybridized carbons (Fsp3) is 0.154. The molecule has 30 heavy (non-hydrogen) atoms. The summed E-state index contributed by atoms with van der Waals surface area (Å²) in [6, 6.07) is 29.5. The van der Waals surface area contributed by atoms with Crippen LogP contribution in [0.3, 0.4) is 0 Å². The van der Waals surface area contributed by atoms with Gasteiger partial charge in [0.05, 0.1) is 0 Å². The molecule has 3 aromatic carbocycles. The van der Waals surface area contributed by atoms with Crippen molar-refractivity contribution in [3.05, 3.63) is 101 Å². The number of hydrogen-bond acceptors (Lipinski definition) is 4. The second-order valence-electron chi connectivity index (χ2n) is 7.14. The molecule has 0 unspecified atom stereocenters. The van der Waals surface area contributed by atoms with E-state index in [-0.39, 0.29) is 13.2 Å². The van der Waals surface area contributed by atoms with Gasteiger partial charge in [-0.05, 0) is 77.4 Å². The van der Waals surface area contributed by atoms with E-state index in [9.17, 15) is 10.2 Å². The van der Waals surface area contributed by atoms with Crippen molar-refractivity contribution in [2.24, 2.45) is 0 Å². The highest BCUT2D eigenvalue weighted by molar-refractivity contribution is 7.13. The van der Waals surface area contributed by atoms with Gasteiger partial charge in [-0.1, -0.05) is 42.5 Å². The number of nitrogens with zero attached hydrogens (tertiary/aromatic N) is 1. The van der Waals surface area contributed by atoms with Gasteiger partial charge < -0.3 is 15.1 Å². The molecule has 4 rings (SSSR count). The van der Waals surface area contributed by atoms with Gasteiger partial charge in [-0.25, -0.2) is 0 Å². The van der Waals surface area contributed by atoms with Gasteiger partial charge in [-0.2, -0.15) is 0 Å². The minimum absolute atomic E-state index is 0.152. The van der Waals surface area contributed by atoms with Crippen molar-refractivity contribution in [2.75, 3.05) is 18.1 Å². The van der Waals surface area contributed by atoms with Crippen LogP contribution in [-0.2, 0) is 12.8 Å². The van der Waals surface area contributed by atoms with E-state index in [1.165, 1.54) is 10.4 Å². The molecule has 0 spiro atoms. The van der Waals surface area contributed by atoms with E-state index in [4.69, 9.17) is 0 Å². The van der Waals surface area contributed by atoms with Crippen molar-refractivity contribution >= 4 is 28.4 Å². The Morgan fingerprint density at radius 2 is 1.07 bits per heavy atom. The first-order chi connectivity index (χ1) is 14.8. The molecule has 0 aliphatic carbocycles. The Morgan fingerprint density at radius 1 is 0.600 bits per heavy atom. The van der Waals surface area contributed by atoms with Gasteiger partial charge >= 0.3 is 0 Å². The summed E-state index contributed by atoms with van der Waals surface area (Å²) in [5.41, 5.74) is 6.66. The normalized spacial score (nSPS) is 10.9. The molecule has 1 aromatic heterocycles. The Bertz CT molecular complexity index is 990. The number of thiophene rings is 1. The number of rotatable bonds is 8. The quantitative estimate of drug-likeness (QED) is 0.373. The maximum Gasteiger partial charge on any atom is 0.0471 e. The number of aliphatic hydroxyl groups excluding tert-OH is 2. The van der Waals surface area contributed by atoms with Gasteiger partial charge in [0.1, 0.15) is 0 Å². The Morgan fingerprint density at radius 3 is 1.47 bits per heavy atom. The number of anilines is 3. The van der Waals surface area contributed by atoms with Crippen molar-refractivity contribution in [3.8, 4) is 10.4 Å². The second-order valence-corrected chi connectivity index (χ2v) is 8.09. The largest absolute Gasteiger partial charge is 0.396 e. The number of benzene rings is 3. The summed E-state index contributed by atoms with van der Waals surface area (Å²) >= 11 is 1.74. The van der Waals surface area contributed by atoms with Crippen LogP contribution in [0.1, 0.15) is 11.1 Å². The highest BCUT2D eigenvalue weighted by atomic mass is 32.1. The van der Waals surface area contributed by atoms with Crippen LogP contribution in [0, 0.1) is 0 Å². The molecule has 3 nitrogen and oxygen atoms in total. The van der Waals surface area contributed by atoms with Crippen LogP contribution in [0.2, 0.25) is 0 Å². The summed E-state index contributed by atoms with van der Waals surface area (Å²) in [4.78, 5) is 3.48. The second kappa shape index (κ2) is 9.72. The van der Waals surface area contributed by atoms with E-state index in [0.29, 0.717) is 12.8 Å². The average molecular weight is 416 g/mol. The van der Waals surface area contributed by atoms with Crippen molar-refractivity contribution in [1.82, 2.24) is 0 Å². The van der Waals surface area contributed by atoms with Crippen molar-refractivity contribution in [2.45, 2.75) is 12.8 Å². The highest BCUT2D eigenvalue weighted by Gasteiger charge is 2.13. The maximum absolute atomic E-state index is 9.20. The zero-order chi connectivity index (χ0) is 20.8. The predicted molar refractivity (Wildman–Crippen MR) is 126 cm³/mol. The Kier molecular flexibility index (Phi) is 6.60. The van der Waals surface area contributed by atoms with E-state index in [2.05, 4.69) is 95.2 Å². The Balaban J connectivity index is 1.71. The molecule has 2 N–H and O–H groups in total. The zero-order valence-corrected chi connectivity index (χ0v) is 17.6. The van der Waals surface area contributed by atoms with E-state index < -0.39 is 0 Å². The van der Waals surface area contributed by atoms with E-state index in [1.807, 2.05) is 0 Å². The molecule has 1 heterocycles. The Hall–Kier alpha value is -2.92. The van der Waals surface area contributed by atoms with Gasteiger partial charge in [-0.3, -0.25) is 0 Å². The third-order valence-electron chi connectivity index (χ3n) is 5.12. The fourth-order valence-corrected chi connectivity index (χ4v) is 4.28. The van der Waals surface area contributed by atoms with E-state index in [0.717, 1.165) is 28.2 Å². The van der Waals surface area contributed by atoms with Crippen LogP contribution in [0.15, 0.2) is 90.3 Å². The van der Waals surface area contributed by atoms with Gasteiger partial charge in [0.25, 0.3) is 0 Å². The molecule has 0 radical (unpaired) electrons. The standard InChI is InChI=1S/C26H25NO2S/c28-17-15-20-3-9-23(10-4-20)27(24-11-5-21(6-12-24)16-18-29)25-13-7-22(8-14-25)26-2-1-19-30-26/h1-14,19,28-29H,15-18H2.